The molecule has 0 unspecified atom stereocenters. The van der Waals surface area contributed by atoms with E-state index in [0.717, 1.165) is 48.1 Å². The summed E-state index contributed by atoms with van der Waals surface area (Å²) >= 11 is 3.51. The summed E-state index contributed by atoms with van der Waals surface area (Å²) in [5, 5.41) is 3.50. The van der Waals surface area contributed by atoms with Crippen molar-refractivity contribution < 1.29 is 4.79 Å². The molecule has 1 aliphatic heterocycles. The van der Waals surface area contributed by atoms with E-state index in [0.29, 0.717) is 0 Å². The predicted molar refractivity (Wildman–Crippen MR) is 88.6 cm³/mol. The third kappa shape index (κ3) is 3.02. The van der Waals surface area contributed by atoms with Gasteiger partial charge in [0.05, 0.1) is 5.54 Å². The van der Waals surface area contributed by atoms with Gasteiger partial charge in [0.15, 0.2) is 0 Å². The Bertz CT molecular complexity index is 509. The lowest BCUT2D eigenvalue weighted by molar-refractivity contribution is 0.0222. The Morgan fingerprint density at radius 3 is 2.71 bits per heavy atom. The standard InChI is InChI=1S/C17H23BrN2O/c1-13-9-14(11-15(18)10-13)16(21)20-8-7-19-12-17(20)5-3-2-4-6-17/h9-11,19H,2-8,12H2,1H3. The highest BCUT2D eigenvalue weighted by Crippen LogP contribution is 2.35. The molecule has 1 aliphatic carbocycles. The minimum atomic E-state index is 0.0454. The number of benzene rings is 1. The van der Waals surface area contributed by atoms with Crippen molar-refractivity contribution in [2.45, 2.75) is 44.6 Å². The van der Waals surface area contributed by atoms with E-state index in [1.807, 2.05) is 25.1 Å². The van der Waals surface area contributed by atoms with Crippen molar-refractivity contribution in [1.29, 1.82) is 0 Å². The van der Waals surface area contributed by atoms with Crippen LogP contribution in [0.3, 0.4) is 0 Å². The van der Waals surface area contributed by atoms with E-state index in [-0.39, 0.29) is 11.4 Å². The Morgan fingerprint density at radius 1 is 1.24 bits per heavy atom. The highest BCUT2D eigenvalue weighted by atomic mass is 79.9. The highest BCUT2D eigenvalue weighted by molar-refractivity contribution is 9.10. The molecular weight excluding hydrogens is 328 g/mol. The highest BCUT2D eigenvalue weighted by Gasteiger charge is 2.42. The molecule has 0 bridgehead atoms. The number of aryl methyl sites for hydroxylation is 1. The molecule has 2 aliphatic rings. The van der Waals surface area contributed by atoms with E-state index in [4.69, 9.17) is 0 Å². The molecule has 1 aromatic rings. The van der Waals surface area contributed by atoms with Crippen molar-refractivity contribution in [3.8, 4) is 0 Å². The van der Waals surface area contributed by atoms with Gasteiger partial charge < -0.3 is 10.2 Å². The fraction of sp³-hybridized carbons (Fsp3) is 0.588. The number of amides is 1. The minimum Gasteiger partial charge on any atom is -0.330 e. The summed E-state index contributed by atoms with van der Waals surface area (Å²) < 4.78 is 0.985. The van der Waals surface area contributed by atoms with Crippen molar-refractivity contribution in [3.63, 3.8) is 0 Å². The number of nitrogens with one attached hydrogen (secondary N) is 1. The zero-order chi connectivity index (χ0) is 14.9. The second-order valence-electron chi connectivity index (χ2n) is 6.44. The maximum absolute atomic E-state index is 13.1. The van der Waals surface area contributed by atoms with Gasteiger partial charge in [0.25, 0.3) is 5.91 Å². The Balaban J connectivity index is 1.90. The monoisotopic (exact) mass is 350 g/mol. The second-order valence-corrected chi connectivity index (χ2v) is 7.35. The first-order chi connectivity index (χ1) is 10.1. The predicted octanol–water partition coefficient (Wildman–Crippen LogP) is 3.51. The van der Waals surface area contributed by atoms with Gasteiger partial charge in [-0.15, -0.1) is 0 Å². The molecule has 1 heterocycles. The minimum absolute atomic E-state index is 0.0454. The van der Waals surface area contributed by atoms with Gasteiger partial charge in [-0.3, -0.25) is 4.79 Å². The smallest absolute Gasteiger partial charge is 0.254 e. The topological polar surface area (TPSA) is 32.3 Å². The molecule has 21 heavy (non-hydrogen) atoms. The first-order valence-electron chi connectivity index (χ1n) is 7.91. The van der Waals surface area contributed by atoms with Crippen molar-refractivity contribution in [2.75, 3.05) is 19.6 Å². The summed E-state index contributed by atoms with van der Waals surface area (Å²) in [5.41, 5.74) is 1.98. The van der Waals surface area contributed by atoms with Gasteiger partial charge in [-0.2, -0.15) is 0 Å². The summed E-state index contributed by atoms with van der Waals surface area (Å²) in [5.74, 6) is 0.197. The third-order valence-electron chi connectivity index (χ3n) is 4.86. The van der Waals surface area contributed by atoms with Gasteiger partial charge in [0.1, 0.15) is 0 Å². The average molecular weight is 351 g/mol. The molecule has 2 fully saturated rings. The van der Waals surface area contributed by atoms with Gasteiger partial charge in [-0.1, -0.05) is 35.2 Å². The lowest BCUT2D eigenvalue weighted by Gasteiger charge is -2.50. The van der Waals surface area contributed by atoms with E-state index >= 15 is 0 Å². The van der Waals surface area contributed by atoms with E-state index in [1.54, 1.807) is 0 Å². The molecule has 3 rings (SSSR count). The number of rotatable bonds is 1. The average Bonchev–Trinajstić information content (AvgIpc) is 2.47. The van der Waals surface area contributed by atoms with Crippen LogP contribution in [0.25, 0.3) is 0 Å². The molecule has 1 saturated heterocycles. The van der Waals surface area contributed by atoms with Crippen LogP contribution in [-0.2, 0) is 0 Å². The summed E-state index contributed by atoms with van der Waals surface area (Å²) in [4.78, 5) is 15.2. The molecular formula is C17H23BrN2O. The number of hydrogen-bond donors (Lipinski definition) is 1. The van der Waals surface area contributed by atoms with E-state index in [1.165, 1.54) is 19.3 Å². The van der Waals surface area contributed by atoms with Crippen LogP contribution >= 0.6 is 15.9 Å². The number of nitrogens with zero attached hydrogens (tertiary/aromatic N) is 1. The van der Waals surface area contributed by atoms with Gasteiger partial charge in [0.2, 0.25) is 0 Å². The van der Waals surface area contributed by atoms with Crippen molar-refractivity contribution in [1.82, 2.24) is 10.2 Å². The maximum atomic E-state index is 13.1. The zero-order valence-corrected chi connectivity index (χ0v) is 14.2. The van der Waals surface area contributed by atoms with Crippen LogP contribution in [0.2, 0.25) is 0 Å². The Hall–Kier alpha value is -0.870. The van der Waals surface area contributed by atoms with Crippen molar-refractivity contribution in [3.05, 3.63) is 33.8 Å². The SMILES string of the molecule is Cc1cc(Br)cc(C(=O)N2CCNCC23CCCCC3)c1. The van der Waals surface area contributed by atoms with Crippen molar-refractivity contribution in [2.24, 2.45) is 0 Å². The molecule has 114 valence electrons. The summed E-state index contributed by atoms with van der Waals surface area (Å²) in [6, 6.07) is 6.00. The lowest BCUT2D eigenvalue weighted by atomic mass is 9.78. The second kappa shape index (κ2) is 6.09. The molecule has 0 atom stereocenters. The molecule has 1 amide bonds. The molecule has 0 radical (unpaired) electrons. The van der Waals surface area contributed by atoms with Gasteiger partial charge >= 0.3 is 0 Å². The van der Waals surface area contributed by atoms with Crippen LogP contribution in [0.1, 0.15) is 48.0 Å². The van der Waals surface area contributed by atoms with E-state index in [9.17, 15) is 4.79 Å². The first kappa shape index (κ1) is 15.0. The summed E-state index contributed by atoms with van der Waals surface area (Å²) in [6.07, 6.45) is 6.06. The third-order valence-corrected chi connectivity index (χ3v) is 5.32. The Labute approximate surface area is 135 Å². The molecule has 1 spiro atoms. The molecule has 1 aromatic carbocycles. The van der Waals surface area contributed by atoms with E-state index < -0.39 is 0 Å². The maximum Gasteiger partial charge on any atom is 0.254 e. The normalized spacial score (nSPS) is 21.5. The van der Waals surface area contributed by atoms with E-state index in [2.05, 4.69) is 26.1 Å². The van der Waals surface area contributed by atoms with Crippen LogP contribution in [0.5, 0.6) is 0 Å². The zero-order valence-electron chi connectivity index (χ0n) is 12.6. The van der Waals surface area contributed by atoms with Gasteiger partial charge in [0, 0.05) is 29.7 Å². The molecule has 4 heteroatoms. The first-order valence-corrected chi connectivity index (χ1v) is 8.70. The summed E-state index contributed by atoms with van der Waals surface area (Å²) in [7, 11) is 0. The van der Waals surface area contributed by atoms with Crippen LogP contribution in [0.4, 0.5) is 0 Å². The Morgan fingerprint density at radius 2 is 2.00 bits per heavy atom. The van der Waals surface area contributed by atoms with Crippen LogP contribution in [-0.4, -0.2) is 36.0 Å². The molecule has 0 aromatic heterocycles. The van der Waals surface area contributed by atoms with Crippen LogP contribution < -0.4 is 5.32 Å². The lowest BCUT2D eigenvalue weighted by Crippen LogP contribution is -2.63. The number of carbonyl (C=O) groups is 1. The quantitative estimate of drug-likeness (QED) is 0.840. The van der Waals surface area contributed by atoms with Crippen LogP contribution in [0, 0.1) is 6.92 Å². The fourth-order valence-electron chi connectivity index (χ4n) is 3.83. The Kier molecular flexibility index (Phi) is 4.36. The van der Waals surface area contributed by atoms with Crippen LogP contribution in [0.15, 0.2) is 22.7 Å². The molecule has 3 nitrogen and oxygen atoms in total. The van der Waals surface area contributed by atoms with Gasteiger partial charge in [-0.25, -0.2) is 0 Å². The van der Waals surface area contributed by atoms with Crippen molar-refractivity contribution >= 4 is 21.8 Å². The largest absolute Gasteiger partial charge is 0.330 e. The summed E-state index contributed by atoms with van der Waals surface area (Å²) in [6.45, 7) is 4.71. The molecule has 1 saturated carbocycles. The number of carbonyl (C=O) groups excluding carboxylic acids is 1. The van der Waals surface area contributed by atoms with Gasteiger partial charge in [-0.05, 0) is 43.5 Å². The number of hydrogen-bond acceptors (Lipinski definition) is 2. The number of halogens is 1. The molecule has 1 N–H and O–H groups in total. The number of piperazine rings is 1. The fourth-order valence-corrected chi connectivity index (χ4v) is 4.44.